The lowest BCUT2D eigenvalue weighted by atomic mass is 10.1. The second-order valence-corrected chi connectivity index (χ2v) is 7.23. The zero-order valence-electron chi connectivity index (χ0n) is 17.0. The molecule has 0 aliphatic carbocycles. The van der Waals surface area contributed by atoms with Gasteiger partial charge in [-0.2, -0.15) is 0 Å². The number of carbonyl (C=O) groups is 1. The van der Waals surface area contributed by atoms with Gasteiger partial charge in [0.1, 0.15) is 5.82 Å². The number of carbonyl (C=O) groups excluding carboxylic acids is 1. The highest BCUT2D eigenvalue weighted by atomic mass is 16.5. The first kappa shape index (κ1) is 19.7. The number of benzene rings is 2. The van der Waals surface area contributed by atoms with E-state index in [1.54, 1.807) is 32.4 Å². The van der Waals surface area contributed by atoms with Crippen molar-refractivity contribution >= 4 is 16.9 Å². The smallest absolute Gasteiger partial charge is 0.251 e. The maximum atomic E-state index is 12.8. The van der Waals surface area contributed by atoms with Gasteiger partial charge in [0.15, 0.2) is 11.5 Å². The second-order valence-electron chi connectivity index (χ2n) is 7.23. The maximum Gasteiger partial charge on any atom is 0.251 e. The van der Waals surface area contributed by atoms with Crippen molar-refractivity contribution in [3.05, 3.63) is 53.9 Å². The van der Waals surface area contributed by atoms with E-state index in [9.17, 15) is 4.79 Å². The molecule has 0 aliphatic heterocycles. The molecule has 1 amide bonds. The molecule has 148 valence electrons. The van der Waals surface area contributed by atoms with E-state index >= 15 is 0 Å². The van der Waals surface area contributed by atoms with E-state index in [-0.39, 0.29) is 11.9 Å². The van der Waals surface area contributed by atoms with Gasteiger partial charge in [0, 0.05) is 12.1 Å². The molecular formula is C22H27N3O3. The molecule has 0 aliphatic rings. The minimum Gasteiger partial charge on any atom is -0.493 e. The quantitative estimate of drug-likeness (QED) is 0.666. The van der Waals surface area contributed by atoms with Crippen LogP contribution in [-0.2, 0) is 6.54 Å². The number of hydrogen-bond acceptors (Lipinski definition) is 4. The number of rotatable bonds is 7. The Morgan fingerprint density at radius 1 is 1.07 bits per heavy atom. The van der Waals surface area contributed by atoms with Crippen LogP contribution >= 0.6 is 0 Å². The highest BCUT2D eigenvalue weighted by molar-refractivity contribution is 5.95. The van der Waals surface area contributed by atoms with Crippen molar-refractivity contribution in [1.82, 2.24) is 14.9 Å². The van der Waals surface area contributed by atoms with E-state index in [0.717, 1.165) is 23.4 Å². The van der Waals surface area contributed by atoms with Crippen LogP contribution in [0.1, 0.15) is 43.0 Å². The Morgan fingerprint density at radius 3 is 2.46 bits per heavy atom. The first-order valence-corrected chi connectivity index (χ1v) is 9.42. The summed E-state index contributed by atoms with van der Waals surface area (Å²) in [5, 5.41) is 3.06. The molecule has 3 aromatic rings. The first-order chi connectivity index (χ1) is 13.4. The van der Waals surface area contributed by atoms with Gasteiger partial charge in [-0.3, -0.25) is 4.79 Å². The van der Waals surface area contributed by atoms with E-state index in [2.05, 4.69) is 29.8 Å². The minimum atomic E-state index is -0.244. The fraction of sp³-hybridized carbons (Fsp3) is 0.364. The summed E-state index contributed by atoms with van der Waals surface area (Å²) in [7, 11) is 3.12. The van der Waals surface area contributed by atoms with Gasteiger partial charge in [-0.05, 0) is 43.2 Å². The molecule has 1 heterocycles. The Bertz CT molecular complexity index is 978. The number of hydrogen-bond donors (Lipinski definition) is 1. The molecule has 28 heavy (non-hydrogen) atoms. The van der Waals surface area contributed by atoms with Crippen LogP contribution in [0.5, 0.6) is 11.5 Å². The molecule has 6 heteroatoms. The molecule has 6 nitrogen and oxygen atoms in total. The summed E-state index contributed by atoms with van der Waals surface area (Å²) in [4.78, 5) is 17.6. The summed E-state index contributed by atoms with van der Waals surface area (Å²) in [6, 6.07) is 12.9. The average molecular weight is 381 g/mol. The van der Waals surface area contributed by atoms with Gasteiger partial charge in [-0.1, -0.05) is 26.0 Å². The van der Waals surface area contributed by atoms with Crippen LogP contribution < -0.4 is 14.8 Å². The van der Waals surface area contributed by atoms with Gasteiger partial charge in [-0.25, -0.2) is 4.98 Å². The number of imidazole rings is 1. The maximum absolute atomic E-state index is 12.8. The number of nitrogens with zero attached hydrogens (tertiary/aromatic N) is 2. The molecule has 1 aromatic heterocycles. The largest absolute Gasteiger partial charge is 0.493 e. The topological polar surface area (TPSA) is 65.4 Å². The molecule has 0 radical (unpaired) electrons. The summed E-state index contributed by atoms with van der Waals surface area (Å²) in [5.41, 5.74) is 2.53. The van der Waals surface area contributed by atoms with E-state index in [0.29, 0.717) is 23.0 Å². The van der Waals surface area contributed by atoms with Crippen LogP contribution in [0.15, 0.2) is 42.5 Å². The minimum absolute atomic E-state index is 0.184. The summed E-state index contributed by atoms with van der Waals surface area (Å²) in [5.74, 6) is 2.24. The van der Waals surface area contributed by atoms with E-state index in [1.165, 1.54) is 0 Å². The Kier molecular flexibility index (Phi) is 5.87. The number of para-hydroxylation sites is 2. The molecule has 1 unspecified atom stereocenters. The number of methoxy groups -OCH3 is 2. The van der Waals surface area contributed by atoms with Gasteiger partial charge in [0.05, 0.1) is 31.3 Å². The fourth-order valence-electron chi connectivity index (χ4n) is 3.30. The van der Waals surface area contributed by atoms with Crippen molar-refractivity contribution < 1.29 is 14.3 Å². The SMILES string of the molecule is COc1ccc(C(=O)NC(C)c2nc3ccccc3n2CC(C)C)cc1OC. The normalized spacial score (nSPS) is 12.2. The van der Waals surface area contributed by atoms with Crippen LogP contribution in [0.25, 0.3) is 11.0 Å². The summed E-state index contributed by atoms with van der Waals surface area (Å²) >= 11 is 0. The average Bonchev–Trinajstić information content (AvgIpc) is 3.05. The summed E-state index contributed by atoms with van der Waals surface area (Å²) in [6.45, 7) is 7.14. The molecule has 0 spiro atoms. The van der Waals surface area contributed by atoms with E-state index < -0.39 is 0 Å². The fourth-order valence-corrected chi connectivity index (χ4v) is 3.30. The lowest BCUT2D eigenvalue weighted by Crippen LogP contribution is -2.29. The van der Waals surface area contributed by atoms with Crippen molar-refractivity contribution in [2.45, 2.75) is 33.4 Å². The third kappa shape index (κ3) is 3.96. The molecule has 0 bridgehead atoms. The van der Waals surface area contributed by atoms with Crippen LogP contribution in [0, 0.1) is 5.92 Å². The molecule has 0 saturated carbocycles. The zero-order valence-corrected chi connectivity index (χ0v) is 17.0. The predicted octanol–water partition coefficient (Wildman–Crippen LogP) is 4.20. The molecular weight excluding hydrogens is 354 g/mol. The molecule has 2 aromatic carbocycles. The Labute approximate surface area is 165 Å². The zero-order chi connectivity index (χ0) is 20.3. The number of amides is 1. The lowest BCUT2D eigenvalue weighted by Gasteiger charge is -2.18. The third-order valence-electron chi connectivity index (χ3n) is 4.61. The Balaban J connectivity index is 1.88. The molecule has 1 atom stereocenters. The van der Waals surface area contributed by atoms with Crippen molar-refractivity contribution in [3.63, 3.8) is 0 Å². The molecule has 0 fully saturated rings. The van der Waals surface area contributed by atoms with Crippen LogP contribution in [0.3, 0.4) is 0 Å². The number of nitrogens with one attached hydrogen (secondary N) is 1. The standard InChI is InChI=1S/C22H27N3O3/c1-14(2)13-25-18-9-7-6-8-17(18)24-21(25)15(3)23-22(26)16-10-11-19(27-4)20(12-16)28-5/h6-12,14-15H,13H2,1-5H3,(H,23,26). The van der Waals surface area contributed by atoms with E-state index in [4.69, 9.17) is 14.5 Å². The number of ether oxygens (including phenoxy) is 2. The molecule has 1 N–H and O–H groups in total. The summed E-state index contributed by atoms with van der Waals surface area (Å²) in [6.07, 6.45) is 0. The van der Waals surface area contributed by atoms with Gasteiger partial charge < -0.3 is 19.4 Å². The van der Waals surface area contributed by atoms with Crippen molar-refractivity contribution in [2.75, 3.05) is 14.2 Å². The Morgan fingerprint density at radius 2 is 1.79 bits per heavy atom. The molecule has 3 rings (SSSR count). The molecule has 0 saturated heterocycles. The van der Waals surface area contributed by atoms with Crippen molar-refractivity contribution in [3.8, 4) is 11.5 Å². The number of fused-ring (bicyclic) bond motifs is 1. The van der Waals surface area contributed by atoms with Gasteiger partial charge >= 0.3 is 0 Å². The highest BCUT2D eigenvalue weighted by Gasteiger charge is 2.20. The summed E-state index contributed by atoms with van der Waals surface area (Å²) < 4.78 is 12.7. The van der Waals surface area contributed by atoms with E-state index in [1.807, 2.05) is 25.1 Å². The van der Waals surface area contributed by atoms with Crippen molar-refractivity contribution in [2.24, 2.45) is 5.92 Å². The van der Waals surface area contributed by atoms with Gasteiger partial charge in [-0.15, -0.1) is 0 Å². The monoisotopic (exact) mass is 381 g/mol. The third-order valence-corrected chi connectivity index (χ3v) is 4.61. The van der Waals surface area contributed by atoms with Gasteiger partial charge in [0.25, 0.3) is 5.91 Å². The van der Waals surface area contributed by atoms with Crippen LogP contribution in [-0.4, -0.2) is 29.7 Å². The second kappa shape index (κ2) is 8.33. The van der Waals surface area contributed by atoms with Crippen LogP contribution in [0.4, 0.5) is 0 Å². The van der Waals surface area contributed by atoms with Crippen LogP contribution in [0.2, 0.25) is 0 Å². The number of aromatic nitrogens is 2. The lowest BCUT2D eigenvalue weighted by molar-refractivity contribution is 0.0937. The predicted molar refractivity (Wildman–Crippen MR) is 110 cm³/mol. The van der Waals surface area contributed by atoms with Crippen molar-refractivity contribution in [1.29, 1.82) is 0 Å². The first-order valence-electron chi connectivity index (χ1n) is 9.42. The Hall–Kier alpha value is -3.02. The highest BCUT2D eigenvalue weighted by Crippen LogP contribution is 2.28. The van der Waals surface area contributed by atoms with Gasteiger partial charge in [0.2, 0.25) is 0 Å².